The first kappa shape index (κ1) is 19.7. The van der Waals surface area contributed by atoms with Gasteiger partial charge in [0.1, 0.15) is 11.4 Å². The Morgan fingerprint density at radius 2 is 1.84 bits per heavy atom. The van der Waals surface area contributed by atoms with Crippen molar-refractivity contribution in [3.8, 4) is 10.4 Å². The average Bonchev–Trinajstić information content (AvgIpc) is 3.26. The number of carbonyl (C=O) groups excluding carboxylic acids is 1. The second kappa shape index (κ2) is 8.12. The number of amides is 1. The van der Waals surface area contributed by atoms with Crippen LogP contribution in [0.2, 0.25) is 0 Å². The van der Waals surface area contributed by atoms with E-state index >= 15 is 0 Å². The zero-order valence-electron chi connectivity index (χ0n) is 17.3. The highest BCUT2D eigenvalue weighted by Crippen LogP contribution is 2.30. The summed E-state index contributed by atoms with van der Waals surface area (Å²) in [7, 11) is 0. The highest BCUT2D eigenvalue weighted by Gasteiger charge is 2.28. The van der Waals surface area contributed by atoms with Crippen LogP contribution in [-0.2, 0) is 24.3 Å². The van der Waals surface area contributed by atoms with Crippen molar-refractivity contribution in [3.05, 3.63) is 88.5 Å². The lowest BCUT2D eigenvalue weighted by Crippen LogP contribution is -2.46. The molecule has 1 atom stereocenters. The van der Waals surface area contributed by atoms with Gasteiger partial charge in [0, 0.05) is 17.5 Å². The van der Waals surface area contributed by atoms with Crippen LogP contribution in [0, 0.1) is 0 Å². The molecule has 2 aromatic carbocycles. The normalized spacial score (nSPS) is 15.8. The first-order chi connectivity index (χ1) is 15.1. The van der Waals surface area contributed by atoms with Crippen LogP contribution in [0.15, 0.2) is 71.8 Å². The fraction of sp³-hybridized carbons (Fsp3) is 0.240. The second-order valence-electron chi connectivity index (χ2n) is 7.93. The number of nitrogens with zero attached hydrogens (tertiary/aromatic N) is 3. The Morgan fingerprint density at radius 3 is 2.61 bits per heavy atom. The van der Waals surface area contributed by atoms with Crippen LogP contribution < -0.4 is 5.56 Å². The molecule has 0 N–H and O–H groups in total. The topological polar surface area (TPSA) is 55.2 Å². The molecule has 0 aliphatic carbocycles. The Kier molecular flexibility index (Phi) is 5.16. The summed E-state index contributed by atoms with van der Waals surface area (Å²) in [4.78, 5) is 34.4. The van der Waals surface area contributed by atoms with Gasteiger partial charge in [0.05, 0.1) is 11.7 Å². The summed E-state index contributed by atoms with van der Waals surface area (Å²) in [6.45, 7) is 2.71. The largest absolute Gasteiger partial charge is 0.334 e. The molecule has 31 heavy (non-hydrogen) atoms. The van der Waals surface area contributed by atoms with Gasteiger partial charge in [-0.25, -0.2) is 4.98 Å². The Balaban J connectivity index is 1.43. The maximum absolute atomic E-state index is 13.2. The number of thiophene rings is 1. The molecule has 1 amide bonds. The molecule has 156 valence electrons. The third kappa shape index (κ3) is 3.68. The fourth-order valence-electron chi connectivity index (χ4n) is 4.30. The lowest BCUT2D eigenvalue weighted by Gasteiger charge is -2.36. The summed E-state index contributed by atoms with van der Waals surface area (Å²) in [5, 5.41) is 0.565. The molecule has 0 bridgehead atoms. The second-order valence-corrected chi connectivity index (χ2v) is 8.96. The third-order valence-corrected chi connectivity index (χ3v) is 7.12. The minimum absolute atomic E-state index is 0.0109. The molecule has 1 aliphatic heterocycles. The fourth-order valence-corrected chi connectivity index (χ4v) is 5.29. The van der Waals surface area contributed by atoms with Gasteiger partial charge in [0.15, 0.2) is 0 Å². The molecule has 6 heteroatoms. The van der Waals surface area contributed by atoms with Crippen molar-refractivity contribution >= 4 is 27.5 Å². The lowest BCUT2D eigenvalue weighted by atomic mass is 9.92. The molecule has 1 aliphatic rings. The zero-order chi connectivity index (χ0) is 21.4. The van der Waals surface area contributed by atoms with Crippen LogP contribution in [-0.4, -0.2) is 26.4 Å². The van der Waals surface area contributed by atoms with E-state index in [1.807, 2.05) is 53.4 Å². The quantitative estimate of drug-likeness (QED) is 0.480. The van der Waals surface area contributed by atoms with Gasteiger partial charge in [-0.2, -0.15) is 0 Å². The molecule has 0 spiro atoms. The summed E-state index contributed by atoms with van der Waals surface area (Å²) in [6, 6.07) is 20.3. The number of rotatable bonds is 4. The van der Waals surface area contributed by atoms with E-state index in [-0.39, 0.29) is 24.1 Å². The summed E-state index contributed by atoms with van der Waals surface area (Å²) >= 11 is 1.50. The number of carbonyl (C=O) groups is 1. The molecule has 5 nitrogen and oxygen atoms in total. The molecule has 0 fully saturated rings. The van der Waals surface area contributed by atoms with Gasteiger partial charge in [-0.05, 0) is 35.6 Å². The molecule has 0 radical (unpaired) electrons. The number of benzene rings is 2. The van der Waals surface area contributed by atoms with E-state index in [0.717, 1.165) is 23.3 Å². The van der Waals surface area contributed by atoms with Crippen LogP contribution in [0.3, 0.4) is 0 Å². The number of hydrogen-bond donors (Lipinski definition) is 0. The van der Waals surface area contributed by atoms with E-state index in [9.17, 15) is 9.59 Å². The Morgan fingerprint density at radius 1 is 1.10 bits per heavy atom. The van der Waals surface area contributed by atoms with Gasteiger partial charge < -0.3 is 4.90 Å². The van der Waals surface area contributed by atoms with Crippen LogP contribution in [0.4, 0.5) is 0 Å². The number of fused-ring (bicyclic) bond motifs is 2. The molecular formula is C25H23N3O2S. The molecule has 0 saturated carbocycles. The molecule has 2 aromatic heterocycles. The van der Waals surface area contributed by atoms with Crippen molar-refractivity contribution in [3.63, 3.8) is 0 Å². The van der Waals surface area contributed by atoms with Gasteiger partial charge in [0.2, 0.25) is 5.91 Å². The van der Waals surface area contributed by atoms with E-state index in [1.54, 1.807) is 0 Å². The molecular weight excluding hydrogens is 406 g/mol. The standard InChI is InChI=1S/C25H23N3O2S/c1-2-20-12-18-10-6-7-11-19(18)14-28(20)23(29)15-27-16-26-24-21(25(27)30)13-22(31-24)17-8-4-3-5-9-17/h3-11,13,16,20H,2,12,14-15H2,1H3. The van der Waals surface area contributed by atoms with Crippen molar-refractivity contribution < 1.29 is 4.79 Å². The van der Waals surface area contributed by atoms with Gasteiger partial charge in [-0.3, -0.25) is 14.2 Å². The molecule has 4 aromatic rings. The van der Waals surface area contributed by atoms with E-state index in [1.165, 1.54) is 33.4 Å². The Labute approximate surface area is 184 Å². The van der Waals surface area contributed by atoms with Crippen molar-refractivity contribution in [2.45, 2.75) is 38.9 Å². The molecule has 5 rings (SSSR count). The average molecular weight is 430 g/mol. The van der Waals surface area contributed by atoms with Gasteiger partial charge in [-0.1, -0.05) is 61.5 Å². The predicted octanol–water partition coefficient (Wildman–Crippen LogP) is 4.49. The number of hydrogen-bond acceptors (Lipinski definition) is 4. The summed E-state index contributed by atoms with van der Waals surface area (Å²) in [5.74, 6) is -0.0388. The molecule has 1 unspecified atom stereocenters. The first-order valence-corrected chi connectivity index (χ1v) is 11.4. The lowest BCUT2D eigenvalue weighted by molar-refractivity contribution is -0.135. The highest BCUT2D eigenvalue weighted by molar-refractivity contribution is 7.21. The van der Waals surface area contributed by atoms with Crippen LogP contribution >= 0.6 is 11.3 Å². The Bertz CT molecular complexity index is 1310. The van der Waals surface area contributed by atoms with Gasteiger partial charge in [0.25, 0.3) is 5.56 Å². The van der Waals surface area contributed by atoms with Crippen LogP contribution in [0.5, 0.6) is 0 Å². The van der Waals surface area contributed by atoms with Crippen molar-refractivity contribution in [2.24, 2.45) is 0 Å². The van der Waals surface area contributed by atoms with E-state index in [0.29, 0.717) is 16.8 Å². The summed E-state index contributed by atoms with van der Waals surface area (Å²) in [5.41, 5.74) is 3.39. The highest BCUT2D eigenvalue weighted by atomic mass is 32.1. The van der Waals surface area contributed by atoms with Gasteiger partial charge in [-0.15, -0.1) is 11.3 Å². The van der Waals surface area contributed by atoms with E-state index < -0.39 is 0 Å². The summed E-state index contributed by atoms with van der Waals surface area (Å²) in [6.07, 6.45) is 3.25. The molecule has 0 saturated heterocycles. The molecule has 3 heterocycles. The van der Waals surface area contributed by atoms with E-state index in [4.69, 9.17) is 0 Å². The first-order valence-electron chi connectivity index (χ1n) is 10.5. The minimum atomic E-state index is -0.165. The maximum Gasteiger partial charge on any atom is 0.262 e. The van der Waals surface area contributed by atoms with E-state index in [2.05, 4.69) is 24.0 Å². The SMILES string of the molecule is CCC1Cc2ccccc2CN1C(=O)Cn1cnc2sc(-c3ccccc3)cc2c1=O. The third-order valence-electron chi connectivity index (χ3n) is 6.03. The van der Waals surface area contributed by atoms with Crippen molar-refractivity contribution in [2.75, 3.05) is 0 Å². The maximum atomic E-state index is 13.2. The number of aromatic nitrogens is 2. The minimum Gasteiger partial charge on any atom is -0.334 e. The van der Waals surface area contributed by atoms with Gasteiger partial charge >= 0.3 is 0 Å². The smallest absolute Gasteiger partial charge is 0.262 e. The predicted molar refractivity (Wildman–Crippen MR) is 124 cm³/mol. The Hall–Kier alpha value is -3.25. The monoisotopic (exact) mass is 429 g/mol. The van der Waals surface area contributed by atoms with Crippen LogP contribution in [0.25, 0.3) is 20.7 Å². The zero-order valence-corrected chi connectivity index (χ0v) is 18.1. The van der Waals surface area contributed by atoms with Crippen molar-refractivity contribution in [1.82, 2.24) is 14.5 Å². The summed E-state index contributed by atoms with van der Waals surface area (Å²) < 4.78 is 1.44. The van der Waals surface area contributed by atoms with Crippen LogP contribution in [0.1, 0.15) is 24.5 Å². The van der Waals surface area contributed by atoms with Crippen molar-refractivity contribution in [1.29, 1.82) is 0 Å².